The number of rotatable bonds is 5. The highest BCUT2D eigenvalue weighted by Crippen LogP contribution is 2.24. The molecule has 16 heavy (non-hydrogen) atoms. The fourth-order valence-electron chi connectivity index (χ4n) is 3.38. The zero-order chi connectivity index (χ0) is 11.2. The number of hydrogen-bond donors (Lipinski definition) is 1. The molecule has 2 aliphatic rings. The summed E-state index contributed by atoms with van der Waals surface area (Å²) in [5.41, 5.74) is 0. The molecular formula is C14H28N2. The number of hydrogen-bond acceptors (Lipinski definition) is 2. The van der Waals surface area contributed by atoms with Gasteiger partial charge in [-0.05, 0) is 51.2 Å². The van der Waals surface area contributed by atoms with Crippen molar-refractivity contribution >= 4 is 0 Å². The molecule has 0 bridgehead atoms. The van der Waals surface area contributed by atoms with E-state index in [4.69, 9.17) is 0 Å². The average Bonchev–Trinajstić information content (AvgIpc) is 2.83. The molecular weight excluding hydrogens is 196 g/mol. The molecule has 1 unspecified atom stereocenters. The van der Waals surface area contributed by atoms with Crippen LogP contribution in [0.25, 0.3) is 0 Å². The number of nitrogens with one attached hydrogen (secondary N) is 1. The van der Waals surface area contributed by atoms with Gasteiger partial charge in [0.15, 0.2) is 0 Å². The van der Waals surface area contributed by atoms with E-state index in [9.17, 15) is 0 Å². The summed E-state index contributed by atoms with van der Waals surface area (Å²) in [5.74, 6) is 0.985. The van der Waals surface area contributed by atoms with Crippen molar-refractivity contribution < 1.29 is 0 Å². The summed E-state index contributed by atoms with van der Waals surface area (Å²) >= 11 is 0. The van der Waals surface area contributed by atoms with Crippen LogP contribution in [0.1, 0.15) is 51.9 Å². The van der Waals surface area contributed by atoms with Gasteiger partial charge < -0.3 is 5.32 Å². The SMILES string of the molecule is CCN1CCCCC1CNCC1CCCC1. The van der Waals surface area contributed by atoms with E-state index in [1.54, 1.807) is 0 Å². The Labute approximate surface area is 101 Å². The topological polar surface area (TPSA) is 15.3 Å². The lowest BCUT2D eigenvalue weighted by Crippen LogP contribution is -2.45. The third kappa shape index (κ3) is 3.46. The van der Waals surface area contributed by atoms with Gasteiger partial charge in [-0.3, -0.25) is 4.90 Å². The van der Waals surface area contributed by atoms with Gasteiger partial charge in [0.05, 0.1) is 0 Å². The molecule has 0 aromatic rings. The number of piperidine rings is 1. The molecule has 1 saturated carbocycles. The molecule has 2 fully saturated rings. The normalized spacial score (nSPS) is 28.7. The highest BCUT2D eigenvalue weighted by Gasteiger charge is 2.21. The Hall–Kier alpha value is -0.0800. The molecule has 0 aromatic heterocycles. The van der Waals surface area contributed by atoms with Crippen LogP contribution in [0, 0.1) is 5.92 Å². The molecule has 2 nitrogen and oxygen atoms in total. The van der Waals surface area contributed by atoms with Crippen LogP contribution in [0.3, 0.4) is 0 Å². The Balaban J connectivity index is 1.63. The van der Waals surface area contributed by atoms with Gasteiger partial charge in [-0.15, -0.1) is 0 Å². The van der Waals surface area contributed by atoms with Gasteiger partial charge in [-0.25, -0.2) is 0 Å². The van der Waals surface area contributed by atoms with E-state index in [1.807, 2.05) is 0 Å². The largest absolute Gasteiger partial charge is 0.315 e. The van der Waals surface area contributed by atoms with Gasteiger partial charge in [-0.2, -0.15) is 0 Å². The second-order valence-corrected chi connectivity index (χ2v) is 5.59. The van der Waals surface area contributed by atoms with Crippen LogP contribution in [0.4, 0.5) is 0 Å². The summed E-state index contributed by atoms with van der Waals surface area (Å²) in [6.07, 6.45) is 10.1. The summed E-state index contributed by atoms with van der Waals surface area (Å²) in [5, 5.41) is 3.72. The van der Waals surface area contributed by atoms with Gasteiger partial charge in [0.25, 0.3) is 0 Å². The Morgan fingerprint density at radius 3 is 2.50 bits per heavy atom. The summed E-state index contributed by atoms with van der Waals surface area (Å²) in [7, 11) is 0. The van der Waals surface area contributed by atoms with Crippen molar-refractivity contribution in [2.24, 2.45) is 5.92 Å². The average molecular weight is 224 g/mol. The van der Waals surface area contributed by atoms with Crippen molar-refractivity contribution in [1.29, 1.82) is 0 Å². The van der Waals surface area contributed by atoms with Crippen molar-refractivity contribution in [2.45, 2.75) is 57.9 Å². The third-order valence-corrected chi connectivity index (χ3v) is 4.44. The maximum absolute atomic E-state index is 3.72. The maximum atomic E-state index is 3.72. The Kier molecular flexibility index (Phi) is 5.11. The first-order valence-electron chi connectivity index (χ1n) is 7.35. The minimum absolute atomic E-state index is 0.820. The second-order valence-electron chi connectivity index (χ2n) is 5.59. The Morgan fingerprint density at radius 1 is 1.00 bits per heavy atom. The molecule has 2 rings (SSSR count). The summed E-state index contributed by atoms with van der Waals surface area (Å²) in [6, 6.07) is 0.820. The molecule has 1 aliphatic heterocycles. The van der Waals surface area contributed by atoms with Crippen LogP contribution in [0.15, 0.2) is 0 Å². The molecule has 1 N–H and O–H groups in total. The zero-order valence-electron chi connectivity index (χ0n) is 10.9. The van der Waals surface area contributed by atoms with Gasteiger partial charge >= 0.3 is 0 Å². The van der Waals surface area contributed by atoms with E-state index in [1.165, 1.54) is 71.1 Å². The minimum Gasteiger partial charge on any atom is -0.315 e. The van der Waals surface area contributed by atoms with E-state index < -0.39 is 0 Å². The number of likely N-dealkylation sites (N-methyl/N-ethyl adjacent to an activating group) is 1. The molecule has 2 heteroatoms. The first kappa shape index (κ1) is 12.4. The molecule has 0 spiro atoms. The smallest absolute Gasteiger partial charge is 0.0220 e. The van der Waals surface area contributed by atoms with Gasteiger partial charge in [0.2, 0.25) is 0 Å². The molecule has 0 aromatic carbocycles. The quantitative estimate of drug-likeness (QED) is 0.772. The highest BCUT2D eigenvalue weighted by atomic mass is 15.2. The summed E-state index contributed by atoms with van der Waals surface area (Å²) in [6.45, 7) is 7.36. The van der Waals surface area contributed by atoms with Crippen molar-refractivity contribution in [3.05, 3.63) is 0 Å². The monoisotopic (exact) mass is 224 g/mol. The molecule has 1 heterocycles. The Bertz CT molecular complexity index is 187. The number of nitrogens with zero attached hydrogens (tertiary/aromatic N) is 1. The van der Waals surface area contributed by atoms with Crippen LogP contribution in [-0.2, 0) is 0 Å². The first-order valence-corrected chi connectivity index (χ1v) is 7.35. The van der Waals surface area contributed by atoms with E-state index in [-0.39, 0.29) is 0 Å². The summed E-state index contributed by atoms with van der Waals surface area (Å²) in [4.78, 5) is 2.66. The predicted octanol–water partition coefficient (Wildman–Crippen LogP) is 2.64. The van der Waals surface area contributed by atoms with Gasteiger partial charge in [-0.1, -0.05) is 26.2 Å². The van der Waals surface area contributed by atoms with Gasteiger partial charge in [0, 0.05) is 12.6 Å². The van der Waals surface area contributed by atoms with E-state index in [2.05, 4.69) is 17.1 Å². The fourth-order valence-corrected chi connectivity index (χ4v) is 3.38. The van der Waals surface area contributed by atoms with Crippen molar-refractivity contribution in [3.8, 4) is 0 Å². The molecule has 1 atom stereocenters. The lowest BCUT2D eigenvalue weighted by atomic mass is 10.0. The summed E-state index contributed by atoms with van der Waals surface area (Å²) < 4.78 is 0. The molecule has 94 valence electrons. The Morgan fingerprint density at radius 2 is 1.75 bits per heavy atom. The highest BCUT2D eigenvalue weighted by molar-refractivity contribution is 4.79. The van der Waals surface area contributed by atoms with Crippen molar-refractivity contribution in [3.63, 3.8) is 0 Å². The lowest BCUT2D eigenvalue weighted by Gasteiger charge is -2.35. The number of likely N-dealkylation sites (tertiary alicyclic amines) is 1. The molecule has 1 aliphatic carbocycles. The van der Waals surface area contributed by atoms with Crippen LogP contribution in [0.2, 0.25) is 0 Å². The minimum atomic E-state index is 0.820. The lowest BCUT2D eigenvalue weighted by molar-refractivity contribution is 0.152. The van der Waals surface area contributed by atoms with Crippen LogP contribution < -0.4 is 5.32 Å². The zero-order valence-corrected chi connectivity index (χ0v) is 10.9. The van der Waals surface area contributed by atoms with Gasteiger partial charge in [0.1, 0.15) is 0 Å². The molecule has 1 saturated heterocycles. The standard InChI is InChI=1S/C14H28N2/c1-2-16-10-6-5-9-14(16)12-15-11-13-7-3-4-8-13/h13-15H,2-12H2,1H3. The van der Waals surface area contributed by atoms with Crippen molar-refractivity contribution in [1.82, 2.24) is 10.2 Å². The first-order chi connectivity index (χ1) is 7.90. The second kappa shape index (κ2) is 6.61. The van der Waals surface area contributed by atoms with E-state index >= 15 is 0 Å². The fraction of sp³-hybridized carbons (Fsp3) is 1.00. The maximum Gasteiger partial charge on any atom is 0.0220 e. The molecule has 0 radical (unpaired) electrons. The van der Waals surface area contributed by atoms with Crippen LogP contribution in [-0.4, -0.2) is 37.1 Å². The predicted molar refractivity (Wildman–Crippen MR) is 69.7 cm³/mol. The van der Waals surface area contributed by atoms with E-state index in [0.717, 1.165) is 12.0 Å². The van der Waals surface area contributed by atoms with E-state index in [0.29, 0.717) is 0 Å². The van der Waals surface area contributed by atoms with Crippen LogP contribution in [0.5, 0.6) is 0 Å². The van der Waals surface area contributed by atoms with Crippen molar-refractivity contribution in [2.75, 3.05) is 26.2 Å². The third-order valence-electron chi connectivity index (χ3n) is 4.44. The molecule has 0 amide bonds. The van der Waals surface area contributed by atoms with Crippen LogP contribution >= 0.6 is 0 Å².